The van der Waals surface area contributed by atoms with E-state index in [1.165, 1.54) is 10.4 Å². The van der Waals surface area contributed by atoms with Gasteiger partial charge in [-0.15, -0.1) is 11.3 Å². The Morgan fingerprint density at radius 2 is 2.16 bits per heavy atom. The zero-order valence-corrected chi connectivity index (χ0v) is 13.8. The van der Waals surface area contributed by atoms with Crippen LogP contribution in [0.3, 0.4) is 0 Å². The minimum Gasteiger partial charge on any atom is -0.329 e. The van der Waals surface area contributed by atoms with Gasteiger partial charge in [-0.25, -0.2) is 0 Å². The van der Waals surface area contributed by atoms with Crippen molar-refractivity contribution in [3.8, 4) is 0 Å². The molecule has 5 heteroatoms. The standard InChI is InChI=1S/C14H16BrClN2S/c1-18(9-12-5-6-14(16)19-12)13(8-17)10-3-2-4-11(15)7-10/h2-7,13H,8-9,17H2,1H3. The zero-order chi connectivity index (χ0) is 13.8. The molecule has 0 radical (unpaired) electrons. The number of halogens is 2. The van der Waals surface area contributed by atoms with Crippen molar-refractivity contribution in [3.05, 3.63) is 55.6 Å². The molecule has 1 aromatic heterocycles. The van der Waals surface area contributed by atoms with Crippen LogP contribution in [0.1, 0.15) is 16.5 Å². The maximum absolute atomic E-state index is 5.96. The van der Waals surface area contributed by atoms with E-state index in [4.69, 9.17) is 17.3 Å². The van der Waals surface area contributed by atoms with E-state index in [1.807, 2.05) is 18.2 Å². The van der Waals surface area contributed by atoms with Crippen LogP contribution in [0.4, 0.5) is 0 Å². The molecular formula is C14H16BrClN2S. The van der Waals surface area contributed by atoms with Gasteiger partial charge in [-0.05, 0) is 36.9 Å². The molecule has 102 valence electrons. The lowest BCUT2D eigenvalue weighted by molar-refractivity contribution is 0.244. The van der Waals surface area contributed by atoms with Crippen molar-refractivity contribution in [3.63, 3.8) is 0 Å². The fourth-order valence-electron chi connectivity index (χ4n) is 2.08. The van der Waals surface area contributed by atoms with Gasteiger partial charge in [0.15, 0.2) is 0 Å². The average Bonchev–Trinajstić information content (AvgIpc) is 2.75. The predicted octanol–water partition coefficient (Wildman–Crippen LogP) is 4.30. The molecular weight excluding hydrogens is 344 g/mol. The second kappa shape index (κ2) is 6.86. The molecule has 0 fully saturated rings. The fourth-order valence-corrected chi connectivity index (χ4v) is 3.65. The van der Waals surface area contributed by atoms with Gasteiger partial charge in [-0.1, -0.05) is 39.7 Å². The normalized spacial score (nSPS) is 12.9. The van der Waals surface area contributed by atoms with E-state index in [2.05, 4.69) is 46.1 Å². The second-order valence-corrected chi connectivity index (χ2v) is 7.14. The number of hydrogen-bond donors (Lipinski definition) is 1. The average molecular weight is 360 g/mol. The molecule has 2 rings (SSSR count). The Kier molecular flexibility index (Phi) is 5.42. The summed E-state index contributed by atoms with van der Waals surface area (Å²) < 4.78 is 1.91. The molecule has 0 bridgehead atoms. The Balaban J connectivity index is 2.12. The van der Waals surface area contributed by atoms with E-state index in [9.17, 15) is 0 Å². The largest absolute Gasteiger partial charge is 0.329 e. The van der Waals surface area contributed by atoms with Crippen LogP contribution >= 0.6 is 38.9 Å². The highest BCUT2D eigenvalue weighted by Gasteiger charge is 2.16. The number of benzene rings is 1. The molecule has 1 aromatic carbocycles. The van der Waals surface area contributed by atoms with Gasteiger partial charge >= 0.3 is 0 Å². The molecule has 0 aliphatic heterocycles. The van der Waals surface area contributed by atoms with Crippen molar-refractivity contribution in [2.24, 2.45) is 5.73 Å². The van der Waals surface area contributed by atoms with Crippen molar-refractivity contribution in [2.75, 3.05) is 13.6 Å². The topological polar surface area (TPSA) is 29.3 Å². The molecule has 0 spiro atoms. The first-order chi connectivity index (χ1) is 9.10. The summed E-state index contributed by atoms with van der Waals surface area (Å²) in [7, 11) is 2.09. The van der Waals surface area contributed by atoms with Crippen LogP contribution in [0.2, 0.25) is 4.34 Å². The van der Waals surface area contributed by atoms with Gasteiger partial charge in [0.2, 0.25) is 0 Å². The molecule has 1 heterocycles. The van der Waals surface area contributed by atoms with Gasteiger partial charge in [0.25, 0.3) is 0 Å². The summed E-state index contributed by atoms with van der Waals surface area (Å²) in [5.41, 5.74) is 7.16. The summed E-state index contributed by atoms with van der Waals surface area (Å²) in [4.78, 5) is 3.50. The predicted molar refractivity (Wildman–Crippen MR) is 86.7 cm³/mol. The van der Waals surface area contributed by atoms with E-state index in [1.54, 1.807) is 11.3 Å². The Morgan fingerprint density at radius 1 is 1.37 bits per heavy atom. The highest BCUT2D eigenvalue weighted by molar-refractivity contribution is 9.10. The first kappa shape index (κ1) is 15.0. The van der Waals surface area contributed by atoms with Crippen molar-refractivity contribution < 1.29 is 0 Å². The summed E-state index contributed by atoms with van der Waals surface area (Å²) in [5.74, 6) is 0. The minimum absolute atomic E-state index is 0.207. The van der Waals surface area contributed by atoms with Gasteiger partial charge < -0.3 is 5.73 Å². The second-order valence-electron chi connectivity index (χ2n) is 4.43. The third-order valence-electron chi connectivity index (χ3n) is 3.02. The lowest BCUT2D eigenvalue weighted by Gasteiger charge is -2.27. The third-order valence-corrected chi connectivity index (χ3v) is 4.73. The van der Waals surface area contributed by atoms with E-state index in [-0.39, 0.29) is 6.04 Å². The van der Waals surface area contributed by atoms with Crippen LogP contribution < -0.4 is 5.73 Å². The molecule has 19 heavy (non-hydrogen) atoms. The van der Waals surface area contributed by atoms with Crippen molar-refractivity contribution in [2.45, 2.75) is 12.6 Å². The number of likely N-dealkylation sites (N-methyl/N-ethyl adjacent to an activating group) is 1. The molecule has 0 aliphatic carbocycles. The van der Waals surface area contributed by atoms with E-state index < -0.39 is 0 Å². The Morgan fingerprint density at radius 3 is 2.74 bits per heavy atom. The van der Waals surface area contributed by atoms with E-state index in [0.717, 1.165) is 15.4 Å². The third kappa shape index (κ3) is 4.04. The van der Waals surface area contributed by atoms with Crippen LogP contribution in [0, 0.1) is 0 Å². The maximum Gasteiger partial charge on any atom is 0.0931 e. The van der Waals surface area contributed by atoms with Gasteiger partial charge in [0.05, 0.1) is 4.34 Å². The molecule has 2 N–H and O–H groups in total. The Hall–Kier alpha value is -0.390. The zero-order valence-electron chi connectivity index (χ0n) is 10.6. The van der Waals surface area contributed by atoms with Crippen LogP contribution in [0.15, 0.2) is 40.9 Å². The smallest absolute Gasteiger partial charge is 0.0931 e. The van der Waals surface area contributed by atoms with Crippen molar-refractivity contribution in [1.29, 1.82) is 0 Å². The maximum atomic E-state index is 5.96. The number of thiophene rings is 1. The van der Waals surface area contributed by atoms with Gasteiger partial charge in [-0.3, -0.25) is 4.90 Å². The molecule has 0 saturated heterocycles. The lowest BCUT2D eigenvalue weighted by atomic mass is 10.1. The number of hydrogen-bond acceptors (Lipinski definition) is 3. The number of nitrogens with zero attached hydrogens (tertiary/aromatic N) is 1. The number of rotatable bonds is 5. The Labute approximate surface area is 131 Å². The first-order valence-electron chi connectivity index (χ1n) is 6.00. The summed E-state index contributed by atoms with van der Waals surface area (Å²) in [6.07, 6.45) is 0. The molecule has 1 atom stereocenters. The van der Waals surface area contributed by atoms with E-state index in [0.29, 0.717) is 6.54 Å². The SMILES string of the molecule is CN(Cc1ccc(Cl)s1)C(CN)c1cccc(Br)c1. The molecule has 0 saturated carbocycles. The van der Waals surface area contributed by atoms with E-state index >= 15 is 0 Å². The first-order valence-corrected chi connectivity index (χ1v) is 7.99. The molecule has 0 aliphatic rings. The molecule has 2 aromatic rings. The fraction of sp³-hybridized carbons (Fsp3) is 0.286. The quantitative estimate of drug-likeness (QED) is 0.862. The van der Waals surface area contributed by atoms with Crippen LogP contribution in [0.25, 0.3) is 0 Å². The van der Waals surface area contributed by atoms with Crippen LogP contribution in [-0.4, -0.2) is 18.5 Å². The van der Waals surface area contributed by atoms with Gasteiger partial charge in [0, 0.05) is 28.5 Å². The molecule has 1 unspecified atom stereocenters. The van der Waals surface area contributed by atoms with Gasteiger partial charge in [0.1, 0.15) is 0 Å². The highest BCUT2D eigenvalue weighted by Crippen LogP contribution is 2.27. The van der Waals surface area contributed by atoms with Crippen molar-refractivity contribution in [1.82, 2.24) is 4.90 Å². The summed E-state index contributed by atoms with van der Waals surface area (Å²) in [6, 6.07) is 12.5. The van der Waals surface area contributed by atoms with Gasteiger partial charge in [-0.2, -0.15) is 0 Å². The van der Waals surface area contributed by atoms with Crippen LogP contribution in [-0.2, 0) is 6.54 Å². The monoisotopic (exact) mass is 358 g/mol. The highest BCUT2D eigenvalue weighted by atomic mass is 79.9. The van der Waals surface area contributed by atoms with Crippen LogP contribution in [0.5, 0.6) is 0 Å². The summed E-state index contributed by atoms with van der Waals surface area (Å²) in [5, 5.41) is 0. The lowest BCUT2D eigenvalue weighted by Crippen LogP contribution is -2.29. The number of nitrogens with two attached hydrogens (primary N) is 1. The van der Waals surface area contributed by atoms with Crippen molar-refractivity contribution >= 4 is 38.9 Å². The minimum atomic E-state index is 0.207. The summed E-state index contributed by atoms with van der Waals surface area (Å²) >= 11 is 11.1. The molecule has 2 nitrogen and oxygen atoms in total. The Bertz CT molecular complexity index is 544. The summed E-state index contributed by atoms with van der Waals surface area (Å²) in [6.45, 7) is 1.44. The molecule has 0 amide bonds.